The van der Waals surface area contributed by atoms with Gasteiger partial charge in [-0.25, -0.2) is 0 Å². The number of nitrogens with zero attached hydrogens (tertiary/aromatic N) is 2. The molecule has 0 spiro atoms. The molecule has 1 heterocycles. The molecule has 0 unspecified atom stereocenters. The van der Waals surface area contributed by atoms with E-state index in [0.29, 0.717) is 6.54 Å². The summed E-state index contributed by atoms with van der Waals surface area (Å²) in [4.78, 5) is 0. The number of nitriles is 1. The molecule has 0 aromatic rings. The molecule has 5 heteroatoms. The van der Waals surface area contributed by atoms with Gasteiger partial charge in [-0.05, 0) is 24.6 Å². The molecule has 1 fully saturated rings. The zero-order valence-electron chi connectivity index (χ0n) is 10.8. The summed E-state index contributed by atoms with van der Waals surface area (Å²) in [5.74, 6) is 0. The Bertz CT molecular complexity index is 293. The summed E-state index contributed by atoms with van der Waals surface area (Å²) < 4.78 is 6.15. The van der Waals surface area contributed by atoms with Crippen molar-refractivity contribution < 1.29 is 9.63 Å². The van der Waals surface area contributed by atoms with Crippen molar-refractivity contribution in [1.82, 2.24) is 5.06 Å². The second kappa shape index (κ2) is 4.45. The van der Waals surface area contributed by atoms with Gasteiger partial charge >= 0.3 is 0 Å². The molecule has 1 aliphatic heterocycles. The van der Waals surface area contributed by atoms with Crippen LogP contribution in [0.3, 0.4) is 0 Å². The van der Waals surface area contributed by atoms with E-state index in [2.05, 4.69) is 39.9 Å². The van der Waals surface area contributed by atoms with Gasteiger partial charge in [0.2, 0.25) is 0 Å². The van der Waals surface area contributed by atoms with E-state index in [9.17, 15) is 5.21 Å². The second-order valence-corrected chi connectivity index (χ2v) is 10.7. The molecule has 1 N–H and O–H groups in total. The fraction of sp³-hybridized carbons (Fsp3) is 0.909. The molecular weight excluding hydrogens is 220 g/mol. The molecule has 0 bridgehead atoms. The van der Waals surface area contributed by atoms with E-state index in [0.717, 1.165) is 11.5 Å². The van der Waals surface area contributed by atoms with E-state index in [1.807, 2.05) is 0 Å². The van der Waals surface area contributed by atoms with Gasteiger partial charge in [0, 0.05) is 6.54 Å². The Morgan fingerprint density at radius 3 is 2.44 bits per heavy atom. The molecule has 16 heavy (non-hydrogen) atoms. The molecule has 4 nitrogen and oxygen atoms in total. The lowest BCUT2D eigenvalue weighted by molar-refractivity contribution is -0.0972. The lowest BCUT2D eigenvalue weighted by atomic mass is 10.2. The van der Waals surface area contributed by atoms with Crippen LogP contribution in [0, 0.1) is 11.3 Å². The third-order valence-corrected chi connectivity index (χ3v) is 8.20. The van der Waals surface area contributed by atoms with E-state index in [1.54, 1.807) is 0 Å². The van der Waals surface area contributed by atoms with Crippen LogP contribution in [0.15, 0.2) is 0 Å². The molecule has 92 valence electrons. The van der Waals surface area contributed by atoms with E-state index < -0.39 is 14.4 Å². The average molecular weight is 242 g/mol. The topological polar surface area (TPSA) is 56.5 Å². The molecular formula is C11H22N2O2Si. The molecule has 0 radical (unpaired) electrons. The van der Waals surface area contributed by atoms with Crippen LogP contribution in [-0.2, 0) is 4.43 Å². The summed E-state index contributed by atoms with van der Waals surface area (Å²) >= 11 is 0. The molecule has 1 aliphatic rings. The van der Waals surface area contributed by atoms with E-state index >= 15 is 0 Å². The van der Waals surface area contributed by atoms with Crippen LogP contribution in [0.5, 0.6) is 0 Å². The SMILES string of the molecule is CC(C)(C)[Si](C)(C)O[C@H]1CCN(O)[C@@H]1C#N. The van der Waals surface area contributed by atoms with Crippen LogP contribution in [-0.4, -0.2) is 37.3 Å². The molecule has 2 atom stereocenters. The Labute approximate surface area is 98.9 Å². The minimum atomic E-state index is -1.85. The van der Waals surface area contributed by atoms with Crippen molar-refractivity contribution in [1.29, 1.82) is 5.26 Å². The van der Waals surface area contributed by atoms with Crippen molar-refractivity contribution in [2.45, 2.75) is 57.5 Å². The smallest absolute Gasteiger partial charge is 0.192 e. The van der Waals surface area contributed by atoms with Crippen molar-refractivity contribution in [3.05, 3.63) is 0 Å². The number of hydrogen-bond acceptors (Lipinski definition) is 4. The lowest BCUT2D eigenvalue weighted by Crippen LogP contribution is -2.46. The van der Waals surface area contributed by atoms with Crippen LogP contribution < -0.4 is 0 Å². The van der Waals surface area contributed by atoms with Gasteiger partial charge in [0.15, 0.2) is 8.32 Å². The van der Waals surface area contributed by atoms with Gasteiger partial charge in [-0.3, -0.25) is 0 Å². The predicted molar refractivity (Wildman–Crippen MR) is 64.6 cm³/mol. The van der Waals surface area contributed by atoms with Crippen molar-refractivity contribution in [2.75, 3.05) is 6.54 Å². The summed E-state index contributed by atoms with van der Waals surface area (Å²) in [5, 5.41) is 19.7. The van der Waals surface area contributed by atoms with E-state index in [1.165, 1.54) is 0 Å². The van der Waals surface area contributed by atoms with Gasteiger partial charge in [-0.15, -0.1) is 0 Å². The quantitative estimate of drug-likeness (QED) is 0.755. The Balaban J connectivity index is 2.72. The van der Waals surface area contributed by atoms with Crippen LogP contribution in [0.4, 0.5) is 0 Å². The lowest BCUT2D eigenvalue weighted by Gasteiger charge is -2.39. The standard InChI is InChI=1S/C11H22N2O2Si/c1-11(2,3)16(4,5)15-10-6-7-13(14)9(10)8-12/h9-10,14H,6-7H2,1-5H3/t9-,10+/m1/s1. The third-order valence-electron chi connectivity index (χ3n) is 3.70. The summed E-state index contributed by atoms with van der Waals surface area (Å²) in [6, 6.07) is 1.61. The van der Waals surface area contributed by atoms with Crippen molar-refractivity contribution in [3.63, 3.8) is 0 Å². The Morgan fingerprint density at radius 1 is 1.44 bits per heavy atom. The normalized spacial score (nSPS) is 28.1. The van der Waals surface area contributed by atoms with Gasteiger partial charge in [0.25, 0.3) is 0 Å². The van der Waals surface area contributed by atoms with Gasteiger partial charge in [-0.2, -0.15) is 10.3 Å². The molecule has 0 aromatic carbocycles. The van der Waals surface area contributed by atoms with Gasteiger partial charge in [-0.1, -0.05) is 20.8 Å². The summed E-state index contributed by atoms with van der Waals surface area (Å²) in [6.45, 7) is 11.4. The molecule has 0 amide bonds. The molecule has 1 saturated heterocycles. The van der Waals surface area contributed by atoms with Crippen LogP contribution in [0.1, 0.15) is 27.2 Å². The fourth-order valence-corrected chi connectivity index (χ4v) is 2.93. The summed E-state index contributed by atoms with van der Waals surface area (Å²) in [7, 11) is -1.85. The highest BCUT2D eigenvalue weighted by Crippen LogP contribution is 2.38. The molecule has 0 aliphatic carbocycles. The van der Waals surface area contributed by atoms with E-state index in [-0.39, 0.29) is 11.1 Å². The number of rotatable bonds is 2. The Hall–Kier alpha value is -0.413. The highest BCUT2D eigenvalue weighted by molar-refractivity contribution is 6.74. The number of hydroxylamine groups is 2. The minimum Gasteiger partial charge on any atom is -0.411 e. The Morgan fingerprint density at radius 2 is 2.00 bits per heavy atom. The van der Waals surface area contributed by atoms with Crippen molar-refractivity contribution in [2.24, 2.45) is 0 Å². The molecule has 1 rings (SSSR count). The zero-order chi connectivity index (χ0) is 12.6. The first kappa shape index (κ1) is 13.7. The largest absolute Gasteiger partial charge is 0.411 e. The van der Waals surface area contributed by atoms with Crippen molar-refractivity contribution in [3.8, 4) is 6.07 Å². The maximum absolute atomic E-state index is 9.51. The maximum Gasteiger partial charge on any atom is 0.192 e. The molecule has 0 saturated carbocycles. The molecule has 0 aromatic heterocycles. The fourth-order valence-electron chi connectivity index (χ4n) is 1.58. The van der Waals surface area contributed by atoms with Gasteiger partial charge in [0.05, 0.1) is 12.2 Å². The van der Waals surface area contributed by atoms with Gasteiger partial charge < -0.3 is 9.63 Å². The van der Waals surface area contributed by atoms with Crippen LogP contribution in [0.25, 0.3) is 0 Å². The summed E-state index contributed by atoms with van der Waals surface area (Å²) in [5.41, 5.74) is 0. The first-order valence-corrected chi connectivity index (χ1v) is 8.63. The summed E-state index contributed by atoms with van der Waals surface area (Å²) in [6.07, 6.45) is 0.595. The first-order valence-electron chi connectivity index (χ1n) is 5.72. The highest BCUT2D eigenvalue weighted by Gasteiger charge is 2.43. The second-order valence-electron chi connectivity index (χ2n) is 5.94. The highest BCUT2D eigenvalue weighted by atomic mass is 28.4. The Kier molecular flexibility index (Phi) is 3.80. The average Bonchev–Trinajstić information content (AvgIpc) is 2.44. The van der Waals surface area contributed by atoms with Crippen LogP contribution in [0.2, 0.25) is 18.1 Å². The minimum absolute atomic E-state index is 0.135. The van der Waals surface area contributed by atoms with Crippen LogP contribution >= 0.6 is 0 Å². The zero-order valence-corrected chi connectivity index (χ0v) is 11.8. The van der Waals surface area contributed by atoms with Gasteiger partial charge in [0.1, 0.15) is 6.04 Å². The monoisotopic (exact) mass is 242 g/mol. The number of hydrogen-bond donors (Lipinski definition) is 1. The predicted octanol–water partition coefficient (Wildman–Crippen LogP) is 2.36. The van der Waals surface area contributed by atoms with Crippen molar-refractivity contribution >= 4 is 8.32 Å². The maximum atomic E-state index is 9.51. The third kappa shape index (κ3) is 2.63. The first-order chi connectivity index (χ1) is 7.19. The van der Waals surface area contributed by atoms with E-state index in [4.69, 9.17) is 9.69 Å².